The van der Waals surface area contributed by atoms with Gasteiger partial charge < -0.3 is 5.32 Å². The van der Waals surface area contributed by atoms with Crippen LogP contribution >= 0.6 is 22.9 Å². The lowest BCUT2D eigenvalue weighted by molar-refractivity contribution is -0.114. The maximum Gasteiger partial charge on any atom is 0.308 e. The van der Waals surface area contributed by atoms with Crippen LogP contribution < -0.4 is 14.5 Å². The molecule has 0 radical (unpaired) electrons. The number of aryl methyl sites for hydroxylation is 1. The molecule has 0 saturated carbocycles. The number of nitrogens with zero attached hydrogens (tertiary/aromatic N) is 2. The number of rotatable bonds is 7. The SMILES string of the molecule is CCn1c(=O)sc2cc(NC(=O)CN(c3cccc(Cl)c3C)S(=O)(=O)c3ccccc3)ccc21. The Hall–Kier alpha value is -3.14. The van der Waals surface area contributed by atoms with Crippen molar-refractivity contribution in [3.63, 3.8) is 0 Å². The monoisotopic (exact) mass is 515 g/mol. The van der Waals surface area contributed by atoms with Crippen molar-refractivity contribution in [3.05, 3.63) is 87.0 Å². The number of nitrogens with one attached hydrogen (secondary N) is 1. The predicted molar refractivity (Wildman–Crippen MR) is 138 cm³/mol. The van der Waals surface area contributed by atoms with E-state index < -0.39 is 22.5 Å². The molecule has 0 saturated heterocycles. The first-order valence-corrected chi connectivity index (χ1v) is 13.1. The molecule has 0 bridgehead atoms. The summed E-state index contributed by atoms with van der Waals surface area (Å²) in [4.78, 5) is 25.1. The Morgan fingerprint density at radius 2 is 1.82 bits per heavy atom. The summed E-state index contributed by atoms with van der Waals surface area (Å²) in [6.45, 7) is 3.69. The topological polar surface area (TPSA) is 88.5 Å². The highest BCUT2D eigenvalue weighted by Crippen LogP contribution is 2.31. The molecule has 1 heterocycles. The van der Waals surface area contributed by atoms with Crippen LogP contribution in [-0.4, -0.2) is 25.4 Å². The third kappa shape index (κ3) is 4.59. The van der Waals surface area contributed by atoms with Gasteiger partial charge in [0.2, 0.25) is 5.91 Å². The van der Waals surface area contributed by atoms with Crippen LogP contribution in [0, 0.1) is 6.92 Å². The van der Waals surface area contributed by atoms with Gasteiger partial charge in [0, 0.05) is 17.3 Å². The van der Waals surface area contributed by atoms with Crippen LogP contribution in [0.5, 0.6) is 0 Å². The molecule has 0 spiro atoms. The first-order valence-electron chi connectivity index (χ1n) is 10.5. The fourth-order valence-corrected chi connectivity index (χ4v) is 6.32. The van der Waals surface area contributed by atoms with Gasteiger partial charge in [-0.05, 0) is 61.9 Å². The molecule has 1 amide bonds. The Balaban J connectivity index is 1.68. The molecule has 7 nitrogen and oxygen atoms in total. The van der Waals surface area contributed by atoms with Crippen molar-refractivity contribution in [2.24, 2.45) is 0 Å². The average Bonchev–Trinajstić information content (AvgIpc) is 3.14. The Morgan fingerprint density at radius 3 is 2.53 bits per heavy atom. The smallest absolute Gasteiger partial charge is 0.308 e. The lowest BCUT2D eigenvalue weighted by Crippen LogP contribution is -2.38. The molecule has 0 unspecified atom stereocenters. The standard InChI is InChI=1S/C24H22ClN3O4S2/c1-3-27-21-13-12-17(14-22(21)33-24(27)30)26-23(29)15-28(20-11-7-10-19(25)16(20)2)34(31,32)18-8-5-4-6-9-18/h4-14H,3,15H2,1-2H3,(H,26,29). The van der Waals surface area contributed by atoms with Crippen LogP contribution in [0.4, 0.5) is 11.4 Å². The summed E-state index contributed by atoms with van der Waals surface area (Å²) in [7, 11) is -4.05. The van der Waals surface area contributed by atoms with E-state index in [4.69, 9.17) is 11.6 Å². The van der Waals surface area contributed by atoms with Gasteiger partial charge in [-0.25, -0.2) is 8.42 Å². The maximum absolute atomic E-state index is 13.5. The number of fused-ring (bicyclic) bond motifs is 1. The molecular weight excluding hydrogens is 494 g/mol. The lowest BCUT2D eigenvalue weighted by atomic mass is 10.2. The summed E-state index contributed by atoms with van der Waals surface area (Å²) in [6, 6.07) is 18.0. The molecule has 3 aromatic carbocycles. The summed E-state index contributed by atoms with van der Waals surface area (Å²) in [6.07, 6.45) is 0. The minimum atomic E-state index is -4.05. The zero-order valence-electron chi connectivity index (χ0n) is 18.5. The number of carbonyl (C=O) groups excluding carboxylic acids is 1. The summed E-state index contributed by atoms with van der Waals surface area (Å²) in [5.74, 6) is -0.527. The number of aromatic nitrogens is 1. The average molecular weight is 516 g/mol. The van der Waals surface area contributed by atoms with Gasteiger partial charge in [0.1, 0.15) is 6.54 Å². The highest BCUT2D eigenvalue weighted by atomic mass is 35.5. The van der Waals surface area contributed by atoms with E-state index >= 15 is 0 Å². The number of carbonyl (C=O) groups is 1. The van der Waals surface area contributed by atoms with Gasteiger partial charge in [-0.2, -0.15) is 0 Å². The van der Waals surface area contributed by atoms with Crippen molar-refractivity contribution >= 4 is 60.5 Å². The number of halogens is 1. The number of amides is 1. The number of hydrogen-bond donors (Lipinski definition) is 1. The highest BCUT2D eigenvalue weighted by molar-refractivity contribution is 7.92. The first kappa shape index (κ1) is 24.0. The summed E-state index contributed by atoms with van der Waals surface area (Å²) in [5, 5.41) is 3.15. The van der Waals surface area contributed by atoms with Crippen molar-refractivity contribution in [2.45, 2.75) is 25.3 Å². The zero-order chi connectivity index (χ0) is 24.5. The second-order valence-electron chi connectivity index (χ2n) is 7.55. The van der Waals surface area contributed by atoms with Gasteiger partial charge in [-0.1, -0.05) is 47.2 Å². The van der Waals surface area contributed by atoms with E-state index in [1.54, 1.807) is 66.1 Å². The highest BCUT2D eigenvalue weighted by Gasteiger charge is 2.28. The molecule has 34 heavy (non-hydrogen) atoms. The summed E-state index contributed by atoms with van der Waals surface area (Å²) >= 11 is 7.35. The van der Waals surface area contributed by atoms with E-state index in [1.165, 1.54) is 12.1 Å². The van der Waals surface area contributed by atoms with Crippen LogP contribution in [0.25, 0.3) is 10.2 Å². The van der Waals surface area contributed by atoms with Crippen LogP contribution in [0.15, 0.2) is 76.4 Å². The van der Waals surface area contributed by atoms with Gasteiger partial charge in [-0.3, -0.25) is 18.5 Å². The molecule has 0 aliphatic rings. The largest absolute Gasteiger partial charge is 0.324 e. The molecule has 4 aromatic rings. The third-order valence-electron chi connectivity index (χ3n) is 5.39. The van der Waals surface area contributed by atoms with E-state index in [0.717, 1.165) is 25.9 Å². The molecule has 0 aliphatic heterocycles. The Bertz CT molecular complexity index is 1530. The van der Waals surface area contributed by atoms with Gasteiger partial charge in [0.15, 0.2) is 0 Å². The Labute approximate surface area is 206 Å². The number of anilines is 2. The van der Waals surface area contributed by atoms with E-state index in [-0.39, 0.29) is 9.77 Å². The molecule has 4 rings (SSSR count). The summed E-state index contributed by atoms with van der Waals surface area (Å²) < 4.78 is 30.5. The third-order valence-corrected chi connectivity index (χ3v) is 8.52. The zero-order valence-corrected chi connectivity index (χ0v) is 20.9. The molecule has 10 heteroatoms. The van der Waals surface area contributed by atoms with Gasteiger partial charge >= 0.3 is 4.87 Å². The predicted octanol–water partition coefficient (Wildman–Crippen LogP) is 4.88. The van der Waals surface area contributed by atoms with E-state index in [2.05, 4.69) is 5.32 Å². The van der Waals surface area contributed by atoms with Crippen LogP contribution in [0.1, 0.15) is 12.5 Å². The molecule has 0 fully saturated rings. The number of hydrogen-bond acceptors (Lipinski definition) is 5. The van der Waals surface area contributed by atoms with Crippen LogP contribution in [-0.2, 0) is 21.4 Å². The molecule has 0 aliphatic carbocycles. The van der Waals surface area contributed by atoms with Crippen molar-refractivity contribution in [1.29, 1.82) is 0 Å². The molecule has 1 N–H and O–H groups in total. The molecule has 1 aromatic heterocycles. The second-order valence-corrected chi connectivity index (χ2v) is 10.8. The molecule has 0 atom stereocenters. The van der Waals surface area contributed by atoms with Gasteiger partial charge in [0.25, 0.3) is 10.0 Å². The Kier molecular flexibility index (Phi) is 6.79. The molecule has 176 valence electrons. The van der Waals surface area contributed by atoms with Gasteiger partial charge in [0.05, 0.1) is 20.8 Å². The van der Waals surface area contributed by atoms with Gasteiger partial charge in [-0.15, -0.1) is 0 Å². The Morgan fingerprint density at radius 1 is 1.09 bits per heavy atom. The lowest BCUT2D eigenvalue weighted by Gasteiger charge is -2.26. The van der Waals surface area contributed by atoms with E-state index in [9.17, 15) is 18.0 Å². The van der Waals surface area contributed by atoms with Crippen molar-refractivity contribution in [2.75, 3.05) is 16.2 Å². The minimum Gasteiger partial charge on any atom is -0.324 e. The quantitative estimate of drug-likeness (QED) is 0.380. The van der Waals surface area contributed by atoms with Crippen LogP contribution in [0.3, 0.4) is 0 Å². The summed E-state index contributed by atoms with van der Waals surface area (Å²) in [5.41, 5.74) is 2.13. The fourth-order valence-electron chi connectivity index (χ4n) is 3.66. The number of sulfonamides is 1. The number of benzene rings is 3. The second kappa shape index (κ2) is 9.61. The van der Waals surface area contributed by atoms with E-state index in [0.29, 0.717) is 28.5 Å². The van der Waals surface area contributed by atoms with Crippen molar-refractivity contribution in [1.82, 2.24) is 4.57 Å². The first-order chi connectivity index (χ1) is 16.2. The molecular formula is C24H22ClN3O4S2. The van der Waals surface area contributed by atoms with Crippen molar-refractivity contribution < 1.29 is 13.2 Å². The number of thiazole rings is 1. The maximum atomic E-state index is 13.5. The normalized spacial score (nSPS) is 11.5. The van der Waals surface area contributed by atoms with E-state index in [1.807, 2.05) is 6.92 Å². The fraction of sp³-hybridized carbons (Fsp3) is 0.167. The minimum absolute atomic E-state index is 0.0641. The van der Waals surface area contributed by atoms with Crippen molar-refractivity contribution in [3.8, 4) is 0 Å². The van der Waals surface area contributed by atoms with Crippen LogP contribution in [0.2, 0.25) is 5.02 Å².